The smallest absolute Gasteiger partial charge is 0.146 e. The Morgan fingerprint density at radius 3 is 2.36 bits per heavy atom. The Hall–Kier alpha value is -0.480. The van der Waals surface area contributed by atoms with Crippen molar-refractivity contribution < 1.29 is 9.28 Å². The summed E-state index contributed by atoms with van der Waals surface area (Å²) in [6, 6.07) is 0. The summed E-state index contributed by atoms with van der Waals surface area (Å²) in [6.45, 7) is 2.42. The van der Waals surface area contributed by atoms with Crippen molar-refractivity contribution >= 4 is 5.78 Å². The van der Waals surface area contributed by atoms with E-state index in [1.165, 1.54) is 6.92 Å². The van der Waals surface area contributed by atoms with Gasteiger partial charge in [0.15, 0.2) is 0 Å². The van der Waals surface area contributed by atoms with E-state index < -0.39 is 0 Å². The number of halogens is 1. The van der Waals surface area contributed by atoms with Crippen LogP contribution >= 0.6 is 0 Å². The number of carbonyl (C=O) groups excluding carboxylic acids is 1. The lowest BCUT2D eigenvalue weighted by Gasteiger charge is -2.08. The molecule has 0 aromatic rings. The van der Waals surface area contributed by atoms with E-state index in [4.69, 9.17) is 5.73 Å². The first kappa shape index (κ1) is 13.5. The molecule has 0 fully saturated rings. The first-order valence-electron chi connectivity index (χ1n) is 5.27. The fraction of sp³-hybridized carbons (Fsp3) is 0.900. The minimum absolute atomic E-state index is 0.0806. The van der Waals surface area contributed by atoms with Crippen LogP contribution in [0, 0.1) is 0 Å². The first-order valence-corrected chi connectivity index (χ1v) is 5.27. The van der Waals surface area contributed by atoms with Gasteiger partial charge in [0.25, 0.3) is 0 Å². The summed E-state index contributed by atoms with van der Waals surface area (Å²) < 4.78 is 12.8. The van der Waals surface area contributed by atoms with Crippen molar-refractivity contribution in [2.75, 3.05) is 19.6 Å². The maximum Gasteiger partial charge on any atom is 0.146 e. The molecule has 0 spiro atoms. The van der Waals surface area contributed by atoms with E-state index in [1.54, 1.807) is 0 Å². The topological polar surface area (TPSA) is 46.3 Å². The summed E-state index contributed by atoms with van der Waals surface area (Å²) in [4.78, 5) is 10.5. The van der Waals surface area contributed by atoms with Crippen molar-refractivity contribution in [2.45, 2.75) is 39.0 Å². The Morgan fingerprint density at radius 1 is 1.21 bits per heavy atom. The van der Waals surface area contributed by atoms with Crippen LogP contribution in [0.15, 0.2) is 0 Å². The molecule has 4 heteroatoms. The molecule has 0 atom stereocenters. The van der Waals surface area contributed by atoms with Crippen LogP contribution in [0.1, 0.15) is 39.0 Å². The van der Waals surface area contributed by atoms with E-state index in [2.05, 4.69) is 0 Å². The lowest BCUT2D eigenvalue weighted by Crippen LogP contribution is -2.21. The monoisotopic (exact) mass is 204 g/mol. The Labute approximate surface area is 85.4 Å². The molecule has 0 heterocycles. The number of hydrogen-bond acceptors (Lipinski definition) is 3. The van der Waals surface area contributed by atoms with Gasteiger partial charge in [-0.1, -0.05) is 19.3 Å². The maximum atomic E-state index is 12.8. The number of nitrogens with two attached hydrogens (primary N) is 1. The van der Waals surface area contributed by atoms with Crippen LogP contribution in [0.2, 0.25) is 0 Å². The van der Waals surface area contributed by atoms with Crippen LogP contribution < -0.4 is 5.73 Å². The molecule has 3 nitrogen and oxygen atoms in total. The Kier molecular flexibility index (Phi) is 8.78. The second-order valence-corrected chi connectivity index (χ2v) is 3.60. The van der Waals surface area contributed by atoms with Crippen molar-refractivity contribution in [3.8, 4) is 0 Å². The first-order chi connectivity index (χ1) is 6.66. The van der Waals surface area contributed by atoms with Crippen LogP contribution in [0.5, 0.6) is 0 Å². The number of unbranched alkanes of at least 4 members (excludes halogenated alkanes) is 4. The lowest BCUT2D eigenvalue weighted by molar-refractivity contribution is -0.122. The molecule has 0 aromatic carbocycles. The predicted molar refractivity (Wildman–Crippen MR) is 55.5 cm³/mol. The van der Waals surface area contributed by atoms with Gasteiger partial charge in [-0.25, -0.2) is 0 Å². The van der Waals surface area contributed by atoms with Gasteiger partial charge in [-0.15, -0.1) is 9.60 Å². The largest absolute Gasteiger partial charge is 0.330 e. The molecule has 0 aliphatic rings. The SMILES string of the molecule is CC(=O)CN(F)CCCCCCCN. The molecule has 0 rings (SSSR count). The van der Waals surface area contributed by atoms with Gasteiger partial charge in [0.1, 0.15) is 5.78 Å². The summed E-state index contributed by atoms with van der Waals surface area (Å²) in [7, 11) is 0. The molecule has 0 aromatic heterocycles. The number of carbonyl (C=O) groups is 1. The van der Waals surface area contributed by atoms with Gasteiger partial charge in [-0.05, 0) is 26.3 Å². The summed E-state index contributed by atoms with van der Waals surface area (Å²) in [5.74, 6) is -0.129. The van der Waals surface area contributed by atoms with E-state index >= 15 is 0 Å². The molecule has 0 aliphatic heterocycles. The zero-order valence-electron chi connectivity index (χ0n) is 8.97. The minimum atomic E-state index is -0.129. The van der Waals surface area contributed by atoms with Crippen molar-refractivity contribution in [1.82, 2.24) is 5.12 Å². The standard InChI is InChI=1S/C10H21FN2O/c1-10(14)9-13(11)8-6-4-2-3-5-7-12/h2-9,12H2,1H3. The third-order valence-corrected chi connectivity index (χ3v) is 2.00. The summed E-state index contributed by atoms with van der Waals surface area (Å²) >= 11 is 0. The van der Waals surface area contributed by atoms with Crippen LogP contribution in [0.4, 0.5) is 4.48 Å². The fourth-order valence-electron chi connectivity index (χ4n) is 1.28. The third kappa shape index (κ3) is 9.61. The number of nitrogens with zero attached hydrogens (tertiary/aromatic N) is 1. The number of Topliss-reactive ketones (excluding diaryl/α,β-unsaturated/α-hetero) is 1. The summed E-state index contributed by atoms with van der Waals surface area (Å²) in [6.07, 6.45) is 5.10. The van der Waals surface area contributed by atoms with Crippen molar-refractivity contribution in [3.05, 3.63) is 0 Å². The van der Waals surface area contributed by atoms with E-state index in [0.29, 0.717) is 11.7 Å². The molecular weight excluding hydrogens is 183 g/mol. The molecule has 0 saturated carbocycles. The van der Waals surface area contributed by atoms with Gasteiger partial charge in [-0.3, -0.25) is 4.79 Å². The van der Waals surface area contributed by atoms with Crippen molar-refractivity contribution in [3.63, 3.8) is 0 Å². The second-order valence-electron chi connectivity index (χ2n) is 3.60. The number of hydrogen-bond donors (Lipinski definition) is 1. The van der Waals surface area contributed by atoms with Crippen LogP contribution in [-0.2, 0) is 4.79 Å². The molecule has 0 aliphatic carbocycles. The zero-order valence-corrected chi connectivity index (χ0v) is 8.97. The van der Waals surface area contributed by atoms with E-state index in [1.807, 2.05) is 0 Å². The highest BCUT2D eigenvalue weighted by atomic mass is 19.2. The highest BCUT2D eigenvalue weighted by molar-refractivity contribution is 5.77. The van der Waals surface area contributed by atoms with Crippen molar-refractivity contribution in [1.29, 1.82) is 0 Å². The van der Waals surface area contributed by atoms with Gasteiger partial charge in [0.05, 0.1) is 6.54 Å². The van der Waals surface area contributed by atoms with E-state index in [9.17, 15) is 9.28 Å². The summed E-state index contributed by atoms with van der Waals surface area (Å²) in [5.41, 5.74) is 5.34. The van der Waals surface area contributed by atoms with Gasteiger partial charge >= 0.3 is 0 Å². The predicted octanol–water partition coefficient (Wildman–Crippen LogP) is 1.67. The molecule has 14 heavy (non-hydrogen) atoms. The highest BCUT2D eigenvalue weighted by Crippen LogP contribution is 2.03. The zero-order chi connectivity index (χ0) is 10.8. The lowest BCUT2D eigenvalue weighted by atomic mass is 10.1. The van der Waals surface area contributed by atoms with Gasteiger partial charge in [-0.2, -0.15) is 0 Å². The molecule has 2 N–H and O–H groups in total. The van der Waals surface area contributed by atoms with Crippen molar-refractivity contribution in [2.24, 2.45) is 5.73 Å². The second kappa shape index (κ2) is 9.09. The molecule has 0 radical (unpaired) electrons. The normalized spacial score (nSPS) is 10.9. The van der Waals surface area contributed by atoms with Crippen LogP contribution in [0.3, 0.4) is 0 Å². The van der Waals surface area contributed by atoms with Crippen LogP contribution in [0.25, 0.3) is 0 Å². The van der Waals surface area contributed by atoms with Gasteiger partial charge in [0, 0.05) is 6.54 Å². The molecule has 0 unspecified atom stereocenters. The minimum Gasteiger partial charge on any atom is -0.330 e. The highest BCUT2D eigenvalue weighted by Gasteiger charge is 2.04. The third-order valence-electron chi connectivity index (χ3n) is 2.00. The molecule has 84 valence electrons. The molecular formula is C10H21FN2O. The fourth-order valence-corrected chi connectivity index (χ4v) is 1.28. The van der Waals surface area contributed by atoms with E-state index in [-0.39, 0.29) is 12.3 Å². The average Bonchev–Trinajstić information content (AvgIpc) is 2.10. The number of ketones is 1. The molecule has 0 bridgehead atoms. The van der Waals surface area contributed by atoms with E-state index in [0.717, 1.165) is 38.6 Å². The Balaban J connectivity index is 3.14. The molecule has 0 saturated heterocycles. The van der Waals surface area contributed by atoms with Crippen LogP contribution in [-0.4, -0.2) is 30.5 Å². The van der Waals surface area contributed by atoms with Gasteiger partial charge < -0.3 is 5.73 Å². The Morgan fingerprint density at radius 2 is 1.79 bits per heavy atom. The quantitative estimate of drug-likeness (QED) is 0.459. The maximum absolute atomic E-state index is 12.8. The average molecular weight is 204 g/mol. The Bertz CT molecular complexity index is 153. The summed E-state index contributed by atoms with van der Waals surface area (Å²) in [5, 5.41) is 0.589. The number of rotatable bonds is 9. The van der Waals surface area contributed by atoms with Gasteiger partial charge in [0.2, 0.25) is 0 Å². The molecule has 0 amide bonds.